The second-order valence-corrected chi connectivity index (χ2v) is 8.14. The zero-order valence-electron chi connectivity index (χ0n) is 20.2. The molecule has 0 aliphatic carbocycles. The molecule has 1 rings (SSSR count). The van der Waals surface area contributed by atoms with Crippen molar-refractivity contribution in [1.29, 1.82) is 0 Å². The summed E-state index contributed by atoms with van der Waals surface area (Å²) in [6.45, 7) is 4.21. The number of methoxy groups -OCH3 is 1. The smallest absolute Gasteiger partial charge is 0.188 e. The molecule has 31 heavy (non-hydrogen) atoms. The van der Waals surface area contributed by atoms with Gasteiger partial charge in [0.25, 0.3) is 0 Å². The van der Waals surface area contributed by atoms with Crippen LogP contribution in [0.3, 0.4) is 0 Å². The van der Waals surface area contributed by atoms with E-state index in [1.165, 1.54) is 76.2 Å². The van der Waals surface area contributed by atoms with Crippen LogP contribution in [0.5, 0.6) is 5.75 Å². The summed E-state index contributed by atoms with van der Waals surface area (Å²) in [6, 6.07) is 8.15. The van der Waals surface area contributed by atoms with Gasteiger partial charge >= 0.3 is 0 Å². The topological polar surface area (TPSA) is 27.7 Å². The molecule has 0 aliphatic heterocycles. The Bertz CT molecular complexity index is 548. The quantitative estimate of drug-likeness (QED) is 0.112. The molecule has 0 radical (unpaired) electrons. The van der Waals surface area contributed by atoms with Crippen molar-refractivity contribution in [3.63, 3.8) is 0 Å². The minimum Gasteiger partial charge on any atom is -0.468 e. The fraction of sp³-hybridized carbons (Fsp3) is 0.643. The third-order valence-corrected chi connectivity index (χ3v) is 5.29. The molecule has 3 nitrogen and oxygen atoms in total. The van der Waals surface area contributed by atoms with Gasteiger partial charge in [-0.15, -0.1) is 0 Å². The molecule has 0 aliphatic rings. The van der Waals surface area contributed by atoms with Crippen LogP contribution < -0.4 is 4.74 Å². The van der Waals surface area contributed by atoms with E-state index in [1.807, 2.05) is 12.1 Å². The van der Waals surface area contributed by atoms with E-state index in [4.69, 9.17) is 14.2 Å². The van der Waals surface area contributed by atoms with Gasteiger partial charge in [0.1, 0.15) is 5.75 Å². The Labute approximate surface area is 191 Å². The predicted molar refractivity (Wildman–Crippen MR) is 133 cm³/mol. The number of benzene rings is 1. The SMILES string of the molecule is CCCCCC=CCC=CCCCCCCCCOCCc1ccc(OCOC)cc1. The van der Waals surface area contributed by atoms with Crippen molar-refractivity contribution in [2.24, 2.45) is 0 Å². The number of allylic oxidation sites excluding steroid dienone is 4. The van der Waals surface area contributed by atoms with Crippen LogP contribution in [0, 0.1) is 0 Å². The molecule has 0 saturated heterocycles. The molecule has 0 atom stereocenters. The highest BCUT2D eigenvalue weighted by atomic mass is 16.7. The number of ether oxygens (including phenoxy) is 3. The molecule has 0 saturated carbocycles. The van der Waals surface area contributed by atoms with Crippen LogP contribution in [0.2, 0.25) is 0 Å². The third kappa shape index (κ3) is 17.8. The molecular weight excluding hydrogens is 384 g/mol. The minimum absolute atomic E-state index is 0.288. The highest BCUT2D eigenvalue weighted by Crippen LogP contribution is 2.13. The Morgan fingerprint density at radius 2 is 1.35 bits per heavy atom. The van der Waals surface area contributed by atoms with Crippen LogP contribution in [-0.4, -0.2) is 27.1 Å². The standard InChI is InChI=1S/C28H46O3/c1-3-4-5-6-7-8-9-10-11-12-13-14-15-16-17-18-24-30-25-23-27-19-21-28(22-20-27)31-26-29-2/h7-8,10-11,19-22H,3-6,9,12-18,23-26H2,1-2H3. The van der Waals surface area contributed by atoms with Gasteiger partial charge in [-0.2, -0.15) is 0 Å². The summed E-state index contributed by atoms with van der Waals surface area (Å²) >= 11 is 0. The maximum Gasteiger partial charge on any atom is 0.188 e. The number of hydrogen-bond donors (Lipinski definition) is 0. The lowest BCUT2D eigenvalue weighted by molar-refractivity contribution is 0.0511. The van der Waals surface area contributed by atoms with E-state index >= 15 is 0 Å². The van der Waals surface area contributed by atoms with Gasteiger partial charge in [0.05, 0.1) is 6.61 Å². The number of rotatable bonds is 21. The van der Waals surface area contributed by atoms with E-state index in [-0.39, 0.29) is 6.79 Å². The maximum atomic E-state index is 5.79. The second-order valence-electron chi connectivity index (χ2n) is 8.14. The van der Waals surface area contributed by atoms with Gasteiger partial charge in [0, 0.05) is 13.7 Å². The molecule has 0 aromatic heterocycles. The molecule has 0 unspecified atom stereocenters. The molecule has 0 N–H and O–H groups in total. The largest absolute Gasteiger partial charge is 0.468 e. The van der Waals surface area contributed by atoms with E-state index < -0.39 is 0 Å². The average Bonchev–Trinajstić information content (AvgIpc) is 2.80. The lowest BCUT2D eigenvalue weighted by atomic mass is 10.1. The summed E-state index contributed by atoms with van der Waals surface area (Å²) < 4.78 is 16.1. The van der Waals surface area contributed by atoms with Crippen LogP contribution in [0.1, 0.15) is 89.5 Å². The molecule has 1 aromatic rings. The van der Waals surface area contributed by atoms with Gasteiger partial charge in [-0.3, -0.25) is 0 Å². The molecule has 0 bridgehead atoms. The van der Waals surface area contributed by atoms with E-state index in [2.05, 4.69) is 43.4 Å². The summed E-state index contributed by atoms with van der Waals surface area (Å²) in [7, 11) is 1.63. The van der Waals surface area contributed by atoms with E-state index in [9.17, 15) is 0 Å². The zero-order valence-corrected chi connectivity index (χ0v) is 20.2. The minimum atomic E-state index is 0.288. The van der Waals surface area contributed by atoms with Gasteiger partial charge in [0.2, 0.25) is 0 Å². The first-order valence-electron chi connectivity index (χ1n) is 12.4. The number of hydrogen-bond acceptors (Lipinski definition) is 3. The first-order valence-corrected chi connectivity index (χ1v) is 12.4. The summed E-state index contributed by atoms with van der Waals surface area (Å²) in [4.78, 5) is 0. The van der Waals surface area contributed by atoms with Crippen molar-refractivity contribution in [2.75, 3.05) is 27.1 Å². The van der Waals surface area contributed by atoms with Gasteiger partial charge in [-0.05, 0) is 62.6 Å². The molecule has 0 spiro atoms. The van der Waals surface area contributed by atoms with E-state index in [0.29, 0.717) is 0 Å². The molecule has 3 heteroatoms. The summed E-state index contributed by atoms with van der Waals surface area (Å²) in [5.74, 6) is 0.841. The molecular formula is C28H46O3. The summed E-state index contributed by atoms with van der Waals surface area (Å²) in [5, 5.41) is 0. The van der Waals surface area contributed by atoms with Crippen molar-refractivity contribution >= 4 is 0 Å². The predicted octanol–water partition coefficient (Wildman–Crippen LogP) is 8.04. The fourth-order valence-electron chi connectivity index (χ4n) is 3.36. The monoisotopic (exact) mass is 430 g/mol. The van der Waals surface area contributed by atoms with Crippen LogP contribution in [0.25, 0.3) is 0 Å². The highest BCUT2D eigenvalue weighted by Gasteiger charge is 1.97. The average molecular weight is 431 g/mol. The Kier molecular flexibility index (Phi) is 19.2. The Morgan fingerprint density at radius 1 is 0.710 bits per heavy atom. The molecule has 176 valence electrons. The van der Waals surface area contributed by atoms with Crippen molar-refractivity contribution in [3.05, 3.63) is 54.1 Å². The van der Waals surface area contributed by atoms with Crippen LogP contribution >= 0.6 is 0 Å². The van der Waals surface area contributed by atoms with Crippen LogP contribution in [-0.2, 0) is 15.9 Å². The van der Waals surface area contributed by atoms with Gasteiger partial charge < -0.3 is 14.2 Å². The Morgan fingerprint density at radius 3 is 2.03 bits per heavy atom. The number of unbranched alkanes of at least 4 members (excludes halogenated alkanes) is 9. The lowest BCUT2D eigenvalue weighted by Gasteiger charge is -2.07. The first kappa shape index (κ1) is 27.5. The summed E-state index contributed by atoms with van der Waals surface area (Å²) in [6.07, 6.45) is 25.6. The second kappa shape index (κ2) is 21.6. The van der Waals surface area contributed by atoms with Crippen molar-refractivity contribution in [2.45, 2.75) is 90.4 Å². The molecule has 0 fully saturated rings. The van der Waals surface area contributed by atoms with Crippen LogP contribution in [0.15, 0.2) is 48.6 Å². The lowest BCUT2D eigenvalue weighted by Crippen LogP contribution is -2.01. The van der Waals surface area contributed by atoms with E-state index in [1.54, 1.807) is 7.11 Å². The molecule has 0 amide bonds. The Balaban J connectivity index is 1.83. The first-order chi connectivity index (χ1) is 15.4. The fourth-order valence-corrected chi connectivity index (χ4v) is 3.36. The molecule has 0 heterocycles. The zero-order chi connectivity index (χ0) is 22.2. The van der Waals surface area contributed by atoms with Gasteiger partial charge in [-0.25, -0.2) is 0 Å². The van der Waals surface area contributed by atoms with Crippen LogP contribution in [0.4, 0.5) is 0 Å². The van der Waals surface area contributed by atoms with Crippen molar-refractivity contribution < 1.29 is 14.2 Å². The summed E-state index contributed by atoms with van der Waals surface area (Å²) in [5.41, 5.74) is 1.28. The van der Waals surface area contributed by atoms with Gasteiger partial charge in [0.15, 0.2) is 6.79 Å². The van der Waals surface area contributed by atoms with Gasteiger partial charge in [-0.1, -0.05) is 81.9 Å². The normalized spacial score (nSPS) is 11.7. The third-order valence-electron chi connectivity index (χ3n) is 5.29. The van der Waals surface area contributed by atoms with Crippen molar-refractivity contribution in [3.8, 4) is 5.75 Å². The Hall–Kier alpha value is -1.58. The molecule has 1 aromatic carbocycles. The van der Waals surface area contributed by atoms with Crippen molar-refractivity contribution in [1.82, 2.24) is 0 Å². The van der Waals surface area contributed by atoms with E-state index in [0.717, 1.165) is 31.8 Å². The maximum absolute atomic E-state index is 5.79. The highest BCUT2D eigenvalue weighted by molar-refractivity contribution is 5.27.